The van der Waals surface area contributed by atoms with Crippen LogP contribution in [0.25, 0.3) is 0 Å². The molecule has 2 amide bonds. The lowest BCUT2D eigenvalue weighted by Gasteiger charge is -2.23. The second-order valence-corrected chi connectivity index (χ2v) is 3.92. The maximum atomic E-state index is 11.4. The Morgan fingerprint density at radius 1 is 1.31 bits per heavy atom. The highest BCUT2D eigenvalue weighted by Crippen LogP contribution is 2.01. The summed E-state index contributed by atoms with van der Waals surface area (Å²) in [6.07, 6.45) is 2.45. The summed E-state index contributed by atoms with van der Waals surface area (Å²) in [7, 11) is 0. The summed E-state index contributed by atoms with van der Waals surface area (Å²) < 4.78 is 0. The van der Waals surface area contributed by atoms with Gasteiger partial charge >= 0.3 is 12.0 Å². The van der Waals surface area contributed by atoms with Crippen LogP contribution in [0.15, 0.2) is 0 Å². The zero-order valence-corrected chi connectivity index (χ0v) is 9.29. The third-order valence-electron chi connectivity index (χ3n) is 2.53. The first-order chi connectivity index (χ1) is 7.68. The van der Waals surface area contributed by atoms with Crippen molar-refractivity contribution in [2.24, 2.45) is 0 Å². The number of piperidine rings is 1. The quantitative estimate of drug-likeness (QED) is 0.496. The van der Waals surface area contributed by atoms with Gasteiger partial charge in [-0.05, 0) is 32.4 Å². The van der Waals surface area contributed by atoms with E-state index < -0.39 is 5.97 Å². The molecule has 1 aliphatic heterocycles. The summed E-state index contributed by atoms with van der Waals surface area (Å²) >= 11 is 0. The first-order valence-electron chi connectivity index (χ1n) is 5.65. The molecule has 1 rings (SSSR count). The molecule has 0 atom stereocenters. The van der Waals surface area contributed by atoms with Crippen LogP contribution in [0.1, 0.15) is 25.7 Å². The number of carboxylic acids is 1. The van der Waals surface area contributed by atoms with Gasteiger partial charge in [0.15, 0.2) is 0 Å². The molecular formula is C10H19N3O3. The number of hydrogen-bond donors (Lipinski definition) is 4. The maximum Gasteiger partial charge on any atom is 0.315 e. The standard InChI is InChI=1S/C10H19N3O3/c14-9(15)2-1-5-12-10(16)13-8-3-6-11-7-4-8/h8,11H,1-7H2,(H,14,15)(H2,12,13,16). The van der Waals surface area contributed by atoms with Crippen LogP contribution < -0.4 is 16.0 Å². The molecule has 0 aromatic carbocycles. The fourth-order valence-corrected chi connectivity index (χ4v) is 1.64. The predicted octanol–water partition coefficient (Wildman–Crippen LogP) is -0.0976. The molecule has 0 aliphatic carbocycles. The minimum Gasteiger partial charge on any atom is -0.481 e. The zero-order chi connectivity index (χ0) is 11.8. The zero-order valence-electron chi connectivity index (χ0n) is 9.29. The minimum atomic E-state index is -0.833. The van der Waals surface area contributed by atoms with Crippen molar-refractivity contribution in [1.29, 1.82) is 0 Å². The first kappa shape index (κ1) is 12.8. The average molecular weight is 229 g/mol. The number of hydrogen-bond acceptors (Lipinski definition) is 3. The van der Waals surface area contributed by atoms with E-state index in [1.165, 1.54) is 0 Å². The SMILES string of the molecule is O=C(O)CCCNC(=O)NC1CCNCC1. The first-order valence-corrected chi connectivity index (χ1v) is 5.65. The molecule has 1 aliphatic rings. The monoisotopic (exact) mass is 229 g/mol. The highest BCUT2D eigenvalue weighted by Gasteiger charge is 2.14. The fraction of sp³-hybridized carbons (Fsp3) is 0.800. The number of rotatable bonds is 5. The van der Waals surface area contributed by atoms with Crippen LogP contribution in [0.3, 0.4) is 0 Å². The molecule has 1 saturated heterocycles. The fourth-order valence-electron chi connectivity index (χ4n) is 1.64. The summed E-state index contributed by atoms with van der Waals surface area (Å²) in [5.41, 5.74) is 0. The Morgan fingerprint density at radius 2 is 2.00 bits per heavy atom. The average Bonchev–Trinajstić information content (AvgIpc) is 2.25. The number of nitrogens with one attached hydrogen (secondary N) is 3. The van der Waals surface area contributed by atoms with Gasteiger partial charge in [0.2, 0.25) is 0 Å². The lowest BCUT2D eigenvalue weighted by atomic mass is 10.1. The second kappa shape index (κ2) is 7.05. The maximum absolute atomic E-state index is 11.4. The van der Waals surface area contributed by atoms with Crippen molar-refractivity contribution in [1.82, 2.24) is 16.0 Å². The van der Waals surface area contributed by atoms with Gasteiger partial charge in [-0.1, -0.05) is 0 Å². The van der Waals surface area contributed by atoms with Gasteiger partial charge in [0.05, 0.1) is 0 Å². The van der Waals surface area contributed by atoms with Gasteiger partial charge in [-0.15, -0.1) is 0 Å². The van der Waals surface area contributed by atoms with Crippen LogP contribution in [0.4, 0.5) is 4.79 Å². The number of amides is 2. The van der Waals surface area contributed by atoms with Crippen molar-refractivity contribution in [2.75, 3.05) is 19.6 Å². The van der Waals surface area contributed by atoms with E-state index >= 15 is 0 Å². The molecule has 0 aromatic rings. The molecule has 0 saturated carbocycles. The largest absolute Gasteiger partial charge is 0.481 e. The lowest BCUT2D eigenvalue weighted by Crippen LogP contribution is -2.46. The third kappa shape index (κ3) is 5.55. The summed E-state index contributed by atoms with van der Waals surface area (Å²) in [4.78, 5) is 21.6. The van der Waals surface area contributed by atoms with E-state index in [2.05, 4.69) is 16.0 Å². The Hall–Kier alpha value is -1.30. The molecule has 0 radical (unpaired) electrons. The second-order valence-electron chi connectivity index (χ2n) is 3.92. The molecular weight excluding hydrogens is 210 g/mol. The van der Waals surface area contributed by atoms with Gasteiger partial charge in [0.25, 0.3) is 0 Å². The van der Waals surface area contributed by atoms with Gasteiger partial charge in [-0.25, -0.2) is 4.79 Å². The van der Waals surface area contributed by atoms with Gasteiger partial charge in [0, 0.05) is 19.0 Å². The van der Waals surface area contributed by atoms with Gasteiger partial charge in [0.1, 0.15) is 0 Å². The van der Waals surface area contributed by atoms with Crippen molar-refractivity contribution in [3.8, 4) is 0 Å². The van der Waals surface area contributed by atoms with Gasteiger partial charge in [-0.3, -0.25) is 4.79 Å². The van der Waals surface area contributed by atoms with E-state index in [9.17, 15) is 9.59 Å². The Labute approximate surface area is 94.8 Å². The van der Waals surface area contributed by atoms with Crippen molar-refractivity contribution in [2.45, 2.75) is 31.7 Å². The Morgan fingerprint density at radius 3 is 2.62 bits per heavy atom. The Bertz CT molecular complexity index is 239. The topological polar surface area (TPSA) is 90.5 Å². The van der Waals surface area contributed by atoms with Crippen LogP contribution in [0.5, 0.6) is 0 Å². The number of carbonyl (C=O) groups excluding carboxylic acids is 1. The van der Waals surface area contributed by atoms with E-state index in [4.69, 9.17) is 5.11 Å². The smallest absolute Gasteiger partial charge is 0.315 e. The summed E-state index contributed by atoms with van der Waals surface area (Å²) in [6, 6.07) is 0.0398. The number of carboxylic acid groups (broad SMARTS) is 1. The molecule has 16 heavy (non-hydrogen) atoms. The Kier molecular flexibility index (Phi) is 5.63. The van der Waals surface area contributed by atoms with Crippen molar-refractivity contribution >= 4 is 12.0 Å². The molecule has 0 unspecified atom stereocenters. The van der Waals surface area contributed by atoms with Gasteiger partial charge < -0.3 is 21.1 Å². The van der Waals surface area contributed by atoms with Crippen LogP contribution in [-0.4, -0.2) is 42.8 Å². The van der Waals surface area contributed by atoms with E-state index in [1.54, 1.807) is 0 Å². The van der Waals surface area contributed by atoms with Crippen molar-refractivity contribution < 1.29 is 14.7 Å². The molecule has 6 heteroatoms. The van der Waals surface area contributed by atoms with Crippen LogP contribution in [-0.2, 0) is 4.79 Å². The number of aliphatic carboxylic acids is 1. The number of carbonyl (C=O) groups is 2. The van der Waals surface area contributed by atoms with E-state index in [-0.39, 0.29) is 18.5 Å². The summed E-state index contributed by atoms with van der Waals surface area (Å²) in [6.45, 7) is 2.27. The number of urea groups is 1. The molecule has 0 spiro atoms. The van der Waals surface area contributed by atoms with Crippen LogP contribution in [0.2, 0.25) is 0 Å². The van der Waals surface area contributed by atoms with Crippen LogP contribution in [0, 0.1) is 0 Å². The molecule has 1 heterocycles. The normalized spacial score (nSPS) is 16.8. The molecule has 0 aromatic heterocycles. The molecule has 92 valence electrons. The minimum absolute atomic E-state index is 0.0909. The highest BCUT2D eigenvalue weighted by molar-refractivity contribution is 5.74. The molecule has 4 N–H and O–H groups in total. The van der Waals surface area contributed by atoms with E-state index in [0.717, 1.165) is 25.9 Å². The Balaban J connectivity index is 2.03. The van der Waals surface area contributed by atoms with Gasteiger partial charge in [-0.2, -0.15) is 0 Å². The molecule has 6 nitrogen and oxygen atoms in total. The van der Waals surface area contributed by atoms with E-state index in [1.807, 2.05) is 0 Å². The summed E-state index contributed by atoms with van der Waals surface area (Å²) in [5, 5.41) is 17.1. The van der Waals surface area contributed by atoms with E-state index in [0.29, 0.717) is 13.0 Å². The van der Waals surface area contributed by atoms with Crippen LogP contribution >= 0.6 is 0 Å². The summed E-state index contributed by atoms with van der Waals surface area (Å²) in [5.74, 6) is -0.833. The predicted molar refractivity (Wildman–Crippen MR) is 59.3 cm³/mol. The van der Waals surface area contributed by atoms with Crippen molar-refractivity contribution in [3.63, 3.8) is 0 Å². The molecule has 1 fully saturated rings. The third-order valence-corrected chi connectivity index (χ3v) is 2.53. The van der Waals surface area contributed by atoms with Crippen molar-refractivity contribution in [3.05, 3.63) is 0 Å². The highest BCUT2D eigenvalue weighted by atomic mass is 16.4. The lowest BCUT2D eigenvalue weighted by molar-refractivity contribution is -0.137. The molecule has 0 bridgehead atoms.